The summed E-state index contributed by atoms with van der Waals surface area (Å²) in [5.41, 5.74) is 4.26. The number of benzene rings is 1. The SMILES string of the molecule is O=C(Nc1cc(NCc2cn3cc(C4CC4)cc(N4CC(=O)N(C5CC5)C4=O)c3n2)ncn1)[C@H]1C[C@@H]1c1cccc(Cl)c1. The Morgan fingerprint density at radius 2 is 1.84 bits per heavy atom. The Balaban J connectivity index is 0.972. The zero-order valence-corrected chi connectivity index (χ0v) is 24.0. The van der Waals surface area contributed by atoms with E-state index >= 15 is 0 Å². The van der Waals surface area contributed by atoms with Gasteiger partial charge in [-0.15, -0.1) is 0 Å². The molecule has 43 heavy (non-hydrogen) atoms. The number of halogens is 1. The fourth-order valence-corrected chi connectivity index (χ4v) is 6.18. The Bertz CT molecular complexity index is 1800. The number of anilines is 3. The lowest BCUT2D eigenvalue weighted by Gasteiger charge is -2.18. The van der Waals surface area contributed by atoms with Crippen molar-refractivity contribution in [2.75, 3.05) is 22.1 Å². The molecule has 1 saturated heterocycles. The molecule has 4 amide bonds. The highest BCUT2D eigenvalue weighted by Crippen LogP contribution is 2.48. The molecule has 0 unspecified atom stereocenters. The van der Waals surface area contributed by atoms with Crippen molar-refractivity contribution in [3.05, 3.63) is 77.0 Å². The summed E-state index contributed by atoms with van der Waals surface area (Å²) >= 11 is 6.12. The van der Waals surface area contributed by atoms with E-state index < -0.39 is 0 Å². The molecule has 0 bridgehead atoms. The summed E-state index contributed by atoms with van der Waals surface area (Å²) in [6, 6.07) is 11.1. The molecule has 8 rings (SSSR count). The van der Waals surface area contributed by atoms with E-state index in [1.165, 1.54) is 11.2 Å². The van der Waals surface area contributed by atoms with E-state index in [-0.39, 0.29) is 42.3 Å². The van der Waals surface area contributed by atoms with Crippen LogP contribution in [0.2, 0.25) is 5.02 Å². The Morgan fingerprint density at radius 1 is 1.00 bits per heavy atom. The summed E-state index contributed by atoms with van der Waals surface area (Å²) in [5.74, 6) is 1.24. The van der Waals surface area contributed by atoms with Crippen molar-refractivity contribution in [2.45, 2.75) is 56.5 Å². The van der Waals surface area contributed by atoms with E-state index in [2.05, 4.69) is 26.8 Å². The van der Waals surface area contributed by atoms with Gasteiger partial charge in [0, 0.05) is 35.4 Å². The van der Waals surface area contributed by atoms with Gasteiger partial charge in [-0.25, -0.2) is 19.7 Å². The predicted molar refractivity (Wildman–Crippen MR) is 160 cm³/mol. The summed E-state index contributed by atoms with van der Waals surface area (Å²) in [5, 5.41) is 6.85. The summed E-state index contributed by atoms with van der Waals surface area (Å²) in [4.78, 5) is 55.2. The van der Waals surface area contributed by atoms with Crippen LogP contribution in [0.25, 0.3) is 5.65 Å². The zero-order valence-electron chi connectivity index (χ0n) is 23.2. The maximum atomic E-state index is 13.2. The maximum Gasteiger partial charge on any atom is 0.332 e. The van der Waals surface area contributed by atoms with Crippen LogP contribution < -0.4 is 15.5 Å². The summed E-state index contributed by atoms with van der Waals surface area (Å²) < 4.78 is 1.95. The van der Waals surface area contributed by atoms with Crippen LogP contribution in [0.4, 0.5) is 22.1 Å². The lowest BCUT2D eigenvalue weighted by Crippen LogP contribution is -2.34. The van der Waals surface area contributed by atoms with E-state index in [1.807, 2.05) is 40.9 Å². The fraction of sp³-hybridized carbons (Fsp3) is 0.355. The van der Waals surface area contributed by atoms with E-state index in [1.54, 1.807) is 11.0 Å². The molecule has 1 aromatic carbocycles. The Labute approximate surface area is 252 Å². The third kappa shape index (κ3) is 5.07. The van der Waals surface area contributed by atoms with Crippen LogP contribution in [0, 0.1) is 5.92 Å². The van der Waals surface area contributed by atoms with Gasteiger partial charge in [0.1, 0.15) is 24.5 Å². The van der Waals surface area contributed by atoms with Gasteiger partial charge in [0.2, 0.25) is 5.91 Å². The van der Waals surface area contributed by atoms with Gasteiger partial charge in [0.15, 0.2) is 5.65 Å². The molecule has 4 aromatic rings. The first-order chi connectivity index (χ1) is 20.9. The highest BCUT2D eigenvalue weighted by molar-refractivity contribution is 6.30. The molecule has 0 spiro atoms. The molecule has 4 heterocycles. The minimum absolute atomic E-state index is 0.0309. The van der Waals surface area contributed by atoms with Crippen LogP contribution >= 0.6 is 11.6 Å². The number of imide groups is 1. The molecule has 4 aliphatic rings. The number of urea groups is 1. The molecule has 3 aliphatic carbocycles. The van der Waals surface area contributed by atoms with E-state index in [0.717, 1.165) is 48.9 Å². The average molecular weight is 597 g/mol. The van der Waals surface area contributed by atoms with Crippen molar-refractivity contribution >= 4 is 52.4 Å². The van der Waals surface area contributed by atoms with Crippen LogP contribution in [0.15, 0.2) is 55.1 Å². The number of imidazole rings is 1. The van der Waals surface area contributed by atoms with Gasteiger partial charge in [0.25, 0.3) is 5.91 Å². The first-order valence-electron chi connectivity index (χ1n) is 14.7. The Hall–Kier alpha value is -4.51. The highest BCUT2D eigenvalue weighted by Gasteiger charge is 2.46. The molecular weight excluding hydrogens is 568 g/mol. The van der Waals surface area contributed by atoms with Gasteiger partial charge in [-0.05, 0) is 73.3 Å². The van der Waals surface area contributed by atoms with Crippen LogP contribution in [0.3, 0.4) is 0 Å². The summed E-state index contributed by atoms with van der Waals surface area (Å²) in [7, 11) is 0. The number of nitrogens with one attached hydrogen (secondary N) is 2. The van der Waals surface area contributed by atoms with Crippen molar-refractivity contribution in [3.63, 3.8) is 0 Å². The average Bonchev–Trinajstić information content (AvgIpc) is 3.88. The molecule has 3 saturated carbocycles. The quantitative estimate of drug-likeness (QED) is 0.262. The minimum atomic E-state index is -0.259. The van der Waals surface area contributed by atoms with Crippen LogP contribution in [-0.2, 0) is 16.1 Å². The Morgan fingerprint density at radius 3 is 2.63 bits per heavy atom. The molecule has 4 fully saturated rings. The monoisotopic (exact) mass is 596 g/mol. The molecule has 2 atom stereocenters. The standard InChI is InChI=1S/C31H29ClN8O3/c32-20-3-1-2-18(8-20)23-10-24(23)30(42)37-27-11-26(34-16-35-27)33-12-21-14-38-13-19(17-4-5-17)9-25(29(38)36-21)39-15-28(41)40(31(39)43)22-6-7-22/h1-3,8-9,11,13-14,16-17,22-24H,4-7,10,12,15H2,(H2,33,34,35,37,42)/t23-,24+/m1/s1. The van der Waals surface area contributed by atoms with Gasteiger partial charge in [-0.3, -0.25) is 19.4 Å². The molecular formula is C31H29ClN8O3. The third-order valence-corrected chi connectivity index (χ3v) is 8.86. The highest BCUT2D eigenvalue weighted by atomic mass is 35.5. The van der Waals surface area contributed by atoms with E-state index in [0.29, 0.717) is 40.5 Å². The lowest BCUT2D eigenvalue weighted by atomic mass is 10.1. The van der Waals surface area contributed by atoms with Crippen LogP contribution in [-0.4, -0.2) is 54.7 Å². The van der Waals surface area contributed by atoms with Gasteiger partial charge in [-0.1, -0.05) is 23.7 Å². The second-order valence-electron chi connectivity index (χ2n) is 11.9. The number of carbonyl (C=O) groups excluding carboxylic acids is 3. The smallest absolute Gasteiger partial charge is 0.332 e. The maximum absolute atomic E-state index is 13.2. The lowest BCUT2D eigenvalue weighted by molar-refractivity contribution is -0.125. The number of nitrogens with zero attached hydrogens (tertiary/aromatic N) is 6. The van der Waals surface area contributed by atoms with E-state index in [4.69, 9.17) is 16.6 Å². The topological polar surface area (TPSA) is 125 Å². The molecule has 12 heteroatoms. The molecule has 1 aliphatic heterocycles. The zero-order chi connectivity index (χ0) is 29.2. The van der Waals surface area contributed by atoms with Gasteiger partial charge >= 0.3 is 6.03 Å². The minimum Gasteiger partial charge on any atom is -0.364 e. The van der Waals surface area contributed by atoms with Crippen LogP contribution in [0.1, 0.15) is 60.8 Å². The number of aromatic nitrogens is 4. The number of carbonyl (C=O) groups is 3. The molecule has 0 radical (unpaired) electrons. The normalized spacial score (nSPS) is 21.5. The third-order valence-electron chi connectivity index (χ3n) is 8.63. The first-order valence-corrected chi connectivity index (χ1v) is 15.1. The van der Waals surface area contributed by atoms with Gasteiger partial charge < -0.3 is 15.0 Å². The number of rotatable bonds is 9. The Kier molecular flexibility index (Phi) is 6.11. The van der Waals surface area contributed by atoms with Gasteiger partial charge in [0.05, 0.1) is 17.9 Å². The number of hydrogen-bond donors (Lipinski definition) is 2. The first kappa shape index (κ1) is 26.1. The number of pyridine rings is 1. The van der Waals surface area contributed by atoms with Crippen molar-refractivity contribution in [3.8, 4) is 0 Å². The molecule has 218 valence electrons. The van der Waals surface area contributed by atoms with Crippen LogP contribution in [0.5, 0.6) is 0 Å². The predicted octanol–water partition coefficient (Wildman–Crippen LogP) is 4.94. The second-order valence-corrected chi connectivity index (χ2v) is 12.3. The van der Waals surface area contributed by atoms with Crippen molar-refractivity contribution in [2.24, 2.45) is 5.92 Å². The van der Waals surface area contributed by atoms with E-state index in [9.17, 15) is 14.4 Å². The summed E-state index contributed by atoms with van der Waals surface area (Å²) in [6.07, 6.45) is 10.2. The molecule has 11 nitrogen and oxygen atoms in total. The number of hydrogen-bond acceptors (Lipinski definition) is 7. The molecule has 3 aromatic heterocycles. The van der Waals surface area contributed by atoms with Crippen molar-refractivity contribution in [1.29, 1.82) is 0 Å². The largest absolute Gasteiger partial charge is 0.364 e. The van der Waals surface area contributed by atoms with Crippen molar-refractivity contribution in [1.82, 2.24) is 24.3 Å². The fourth-order valence-electron chi connectivity index (χ4n) is 5.99. The second kappa shape index (κ2) is 10.0. The number of amides is 4. The number of fused-ring (bicyclic) bond motifs is 1. The molecule has 2 N–H and O–H groups in total. The van der Waals surface area contributed by atoms with Gasteiger partial charge in [-0.2, -0.15) is 0 Å². The van der Waals surface area contributed by atoms with Crippen molar-refractivity contribution < 1.29 is 14.4 Å². The summed E-state index contributed by atoms with van der Waals surface area (Å²) in [6.45, 7) is 0.403.